The third kappa shape index (κ3) is 3.13. The number of hydrogen-bond donors (Lipinski definition) is 1. The summed E-state index contributed by atoms with van der Waals surface area (Å²) < 4.78 is 0.879. The van der Waals surface area contributed by atoms with E-state index in [2.05, 4.69) is 25.9 Å². The maximum absolute atomic E-state index is 11.5. The number of rotatable bonds is 4. The minimum absolute atomic E-state index is 0.381. The summed E-state index contributed by atoms with van der Waals surface area (Å²) in [6.45, 7) is 0. The number of hydrogen-bond acceptors (Lipinski definition) is 3. The lowest BCUT2D eigenvalue weighted by Gasteiger charge is -2.12. The SMILES string of the molecule is NC(=O)C(Cc1cncc(Br)c1)c1ccccn1. The van der Waals surface area contributed by atoms with Crippen molar-refractivity contribution >= 4 is 21.8 Å². The van der Waals surface area contributed by atoms with E-state index in [1.165, 1.54) is 0 Å². The Kier molecular flexibility index (Phi) is 4.04. The van der Waals surface area contributed by atoms with E-state index >= 15 is 0 Å². The molecule has 1 amide bonds. The summed E-state index contributed by atoms with van der Waals surface area (Å²) in [6.07, 6.45) is 5.58. The molecule has 0 aromatic carbocycles. The molecule has 0 radical (unpaired) electrons. The molecule has 0 aliphatic carbocycles. The Balaban J connectivity index is 2.25. The molecule has 0 saturated carbocycles. The third-order valence-electron chi connectivity index (χ3n) is 2.59. The third-order valence-corrected chi connectivity index (χ3v) is 3.02. The van der Waals surface area contributed by atoms with Gasteiger partial charge in [-0.1, -0.05) is 6.07 Å². The molecule has 4 nitrogen and oxygen atoms in total. The van der Waals surface area contributed by atoms with Crippen LogP contribution in [0.25, 0.3) is 0 Å². The van der Waals surface area contributed by atoms with Crippen molar-refractivity contribution in [2.45, 2.75) is 12.3 Å². The Morgan fingerprint density at radius 3 is 2.83 bits per heavy atom. The number of amides is 1. The van der Waals surface area contributed by atoms with Crippen LogP contribution in [0.3, 0.4) is 0 Å². The normalized spacial score (nSPS) is 12.1. The van der Waals surface area contributed by atoms with Crippen molar-refractivity contribution in [3.05, 3.63) is 58.6 Å². The molecule has 2 aromatic heterocycles. The van der Waals surface area contributed by atoms with Crippen LogP contribution in [-0.4, -0.2) is 15.9 Å². The van der Waals surface area contributed by atoms with Crippen LogP contribution >= 0.6 is 15.9 Å². The number of carbonyl (C=O) groups excluding carboxylic acids is 1. The predicted molar refractivity (Wildman–Crippen MR) is 71.8 cm³/mol. The molecule has 5 heteroatoms. The largest absolute Gasteiger partial charge is 0.369 e. The molecular formula is C13H12BrN3O. The number of aromatic nitrogens is 2. The Labute approximate surface area is 113 Å². The highest BCUT2D eigenvalue weighted by Crippen LogP contribution is 2.20. The van der Waals surface area contributed by atoms with Gasteiger partial charge >= 0.3 is 0 Å². The van der Waals surface area contributed by atoms with E-state index < -0.39 is 5.92 Å². The van der Waals surface area contributed by atoms with Crippen molar-refractivity contribution in [2.24, 2.45) is 5.73 Å². The van der Waals surface area contributed by atoms with Gasteiger partial charge in [0.1, 0.15) is 0 Å². The van der Waals surface area contributed by atoms with E-state index in [9.17, 15) is 4.79 Å². The van der Waals surface area contributed by atoms with Gasteiger partial charge in [0.25, 0.3) is 0 Å². The second-order valence-corrected chi connectivity index (χ2v) is 4.84. The number of pyridine rings is 2. The van der Waals surface area contributed by atoms with Crippen molar-refractivity contribution in [3.8, 4) is 0 Å². The fourth-order valence-electron chi connectivity index (χ4n) is 1.74. The fourth-order valence-corrected chi connectivity index (χ4v) is 2.15. The van der Waals surface area contributed by atoms with Crippen molar-refractivity contribution in [2.75, 3.05) is 0 Å². The summed E-state index contributed by atoms with van der Waals surface area (Å²) in [6, 6.07) is 7.38. The van der Waals surface area contributed by atoms with Gasteiger partial charge in [-0.15, -0.1) is 0 Å². The van der Waals surface area contributed by atoms with Crippen molar-refractivity contribution in [1.29, 1.82) is 0 Å². The Morgan fingerprint density at radius 2 is 2.22 bits per heavy atom. The number of carbonyl (C=O) groups is 1. The van der Waals surface area contributed by atoms with Gasteiger partial charge in [-0.2, -0.15) is 0 Å². The van der Waals surface area contributed by atoms with Crippen LogP contribution < -0.4 is 5.73 Å². The van der Waals surface area contributed by atoms with Crippen molar-refractivity contribution in [3.63, 3.8) is 0 Å². The number of nitrogens with two attached hydrogens (primary N) is 1. The molecule has 2 heterocycles. The first-order valence-electron chi connectivity index (χ1n) is 5.46. The summed E-state index contributed by atoms with van der Waals surface area (Å²) in [5, 5.41) is 0. The van der Waals surface area contributed by atoms with Crippen molar-refractivity contribution < 1.29 is 4.79 Å². The molecule has 0 bridgehead atoms. The maximum Gasteiger partial charge on any atom is 0.226 e. The Bertz CT molecular complexity index is 545. The summed E-state index contributed by atoms with van der Waals surface area (Å²) in [5.41, 5.74) is 7.07. The number of halogens is 1. The highest BCUT2D eigenvalue weighted by atomic mass is 79.9. The minimum atomic E-state index is -0.428. The minimum Gasteiger partial charge on any atom is -0.369 e. The van der Waals surface area contributed by atoms with Crippen LogP contribution in [0, 0.1) is 0 Å². The molecule has 0 aliphatic rings. The first-order chi connectivity index (χ1) is 8.66. The standard InChI is InChI=1S/C13H12BrN3O/c14-10-5-9(7-16-8-10)6-11(13(15)18)12-3-1-2-4-17-12/h1-5,7-8,11H,6H2,(H2,15,18). The molecule has 0 saturated heterocycles. The molecule has 2 rings (SSSR count). The summed E-state index contributed by atoms with van der Waals surface area (Å²) in [7, 11) is 0. The van der Waals surface area contributed by atoms with Gasteiger partial charge in [-0.25, -0.2) is 0 Å². The van der Waals surface area contributed by atoms with Crippen molar-refractivity contribution in [1.82, 2.24) is 9.97 Å². The topological polar surface area (TPSA) is 68.9 Å². The van der Waals surface area contributed by atoms with Crippen LogP contribution in [0.15, 0.2) is 47.3 Å². The average Bonchev–Trinajstić information content (AvgIpc) is 2.37. The van der Waals surface area contributed by atoms with Crippen LogP contribution in [0.4, 0.5) is 0 Å². The van der Waals surface area contributed by atoms with Crippen LogP contribution in [-0.2, 0) is 11.2 Å². The molecule has 2 N–H and O–H groups in total. The van der Waals surface area contributed by atoms with Gasteiger partial charge in [0.2, 0.25) is 5.91 Å². The van der Waals surface area contributed by atoms with Gasteiger partial charge in [0.15, 0.2) is 0 Å². The van der Waals surface area contributed by atoms with E-state index in [1.807, 2.05) is 18.2 Å². The highest BCUT2D eigenvalue weighted by Gasteiger charge is 2.19. The van der Waals surface area contributed by atoms with Gasteiger partial charge in [0.05, 0.1) is 11.6 Å². The molecule has 2 aromatic rings. The quantitative estimate of drug-likeness (QED) is 0.940. The number of nitrogens with zero attached hydrogens (tertiary/aromatic N) is 2. The molecule has 0 aliphatic heterocycles. The first-order valence-corrected chi connectivity index (χ1v) is 6.26. The average molecular weight is 306 g/mol. The van der Waals surface area contributed by atoms with E-state index in [0.29, 0.717) is 12.1 Å². The van der Waals surface area contributed by atoms with E-state index in [0.717, 1.165) is 10.0 Å². The van der Waals surface area contributed by atoms with E-state index in [4.69, 9.17) is 5.73 Å². The van der Waals surface area contributed by atoms with E-state index in [1.54, 1.807) is 24.7 Å². The zero-order valence-corrected chi connectivity index (χ0v) is 11.2. The molecule has 18 heavy (non-hydrogen) atoms. The van der Waals surface area contributed by atoms with Gasteiger partial charge in [0, 0.05) is 23.1 Å². The van der Waals surface area contributed by atoms with E-state index in [-0.39, 0.29) is 5.91 Å². The second kappa shape index (κ2) is 5.73. The summed E-state index contributed by atoms with van der Waals surface area (Å²) in [5.74, 6) is -0.809. The fraction of sp³-hybridized carbons (Fsp3) is 0.154. The van der Waals surface area contributed by atoms with Crippen LogP contribution in [0.2, 0.25) is 0 Å². The number of primary amides is 1. The second-order valence-electron chi connectivity index (χ2n) is 3.93. The Hall–Kier alpha value is -1.75. The molecule has 1 atom stereocenters. The zero-order valence-electron chi connectivity index (χ0n) is 9.58. The maximum atomic E-state index is 11.5. The van der Waals surface area contributed by atoms with Crippen LogP contribution in [0.1, 0.15) is 17.2 Å². The summed E-state index contributed by atoms with van der Waals surface area (Å²) in [4.78, 5) is 19.8. The van der Waals surface area contributed by atoms with Crippen LogP contribution in [0.5, 0.6) is 0 Å². The lowest BCUT2D eigenvalue weighted by molar-refractivity contribution is -0.119. The molecule has 1 unspecified atom stereocenters. The molecule has 0 spiro atoms. The van der Waals surface area contributed by atoms with Gasteiger partial charge in [-0.05, 0) is 46.1 Å². The highest BCUT2D eigenvalue weighted by molar-refractivity contribution is 9.10. The lowest BCUT2D eigenvalue weighted by atomic mass is 9.96. The summed E-state index contributed by atoms with van der Waals surface area (Å²) >= 11 is 3.35. The monoisotopic (exact) mass is 305 g/mol. The zero-order chi connectivity index (χ0) is 13.0. The Morgan fingerprint density at radius 1 is 1.39 bits per heavy atom. The molecular weight excluding hydrogens is 294 g/mol. The first kappa shape index (κ1) is 12.7. The van der Waals surface area contributed by atoms with Gasteiger partial charge < -0.3 is 5.73 Å². The smallest absolute Gasteiger partial charge is 0.226 e. The molecule has 0 fully saturated rings. The lowest BCUT2D eigenvalue weighted by Crippen LogP contribution is -2.24. The predicted octanol–water partition coefficient (Wildman–Crippen LogP) is 2.05. The van der Waals surface area contributed by atoms with Gasteiger partial charge in [-0.3, -0.25) is 14.8 Å². The molecule has 92 valence electrons.